The van der Waals surface area contributed by atoms with Gasteiger partial charge in [-0.05, 0) is 30.4 Å². The van der Waals surface area contributed by atoms with E-state index in [9.17, 15) is 19.7 Å². The van der Waals surface area contributed by atoms with Crippen LogP contribution in [0.2, 0.25) is 0 Å². The van der Waals surface area contributed by atoms with Crippen LogP contribution in [0.1, 0.15) is 18.9 Å². The molecule has 0 unspecified atom stereocenters. The number of nitrogens with zero attached hydrogens (tertiary/aromatic N) is 2. The van der Waals surface area contributed by atoms with Crippen molar-refractivity contribution in [2.45, 2.75) is 25.3 Å². The molecular weight excluding hydrogens is 364 g/mol. The summed E-state index contributed by atoms with van der Waals surface area (Å²) >= 11 is 2.96. The Morgan fingerprint density at radius 1 is 1.40 bits per heavy atom. The van der Waals surface area contributed by atoms with E-state index in [4.69, 9.17) is 4.74 Å². The lowest BCUT2D eigenvalue weighted by molar-refractivity contribution is -0.384. The van der Waals surface area contributed by atoms with Crippen LogP contribution in [0.4, 0.5) is 5.69 Å². The Labute approximate surface area is 152 Å². The smallest absolute Gasteiger partial charge is 0.357 e. The number of thioether (sulfide) groups is 2. The third-order valence-corrected chi connectivity index (χ3v) is 6.69. The molecule has 2 heterocycles. The number of hydrogen-bond donors (Lipinski definition) is 0. The molecule has 2 aliphatic heterocycles. The van der Waals surface area contributed by atoms with Crippen molar-refractivity contribution in [2.24, 2.45) is 5.92 Å². The number of rotatable bonds is 6. The Hall–Kier alpha value is -2.00. The van der Waals surface area contributed by atoms with Gasteiger partial charge in [-0.25, -0.2) is 4.79 Å². The van der Waals surface area contributed by atoms with Gasteiger partial charge in [-0.3, -0.25) is 19.8 Å². The minimum Gasteiger partial charge on any atom is -0.456 e. The van der Waals surface area contributed by atoms with Gasteiger partial charge in [-0.15, -0.1) is 11.8 Å². The summed E-state index contributed by atoms with van der Waals surface area (Å²) in [5.74, 6) is -0.626. The molecule has 0 saturated carbocycles. The number of esters is 1. The zero-order valence-corrected chi connectivity index (χ0v) is 15.3. The van der Waals surface area contributed by atoms with Crippen LogP contribution in [0.3, 0.4) is 0 Å². The predicted molar refractivity (Wildman–Crippen MR) is 95.4 cm³/mol. The summed E-state index contributed by atoms with van der Waals surface area (Å²) in [6.07, 6.45) is 2.61. The van der Waals surface area contributed by atoms with E-state index in [2.05, 4.69) is 0 Å². The number of carbonyl (C=O) groups excluding carboxylic acids is 2. The van der Waals surface area contributed by atoms with Crippen molar-refractivity contribution in [2.75, 3.05) is 6.26 Å². The standard InChI is InChI=1S/C16H16N2O5S2/c1-3-11-13(19)17-12(16(24-2)25-14(11)17)15(20)23-8-9-4-6-10(7-5-9)18(21)22/h4-7,11,14H,3,8H2,1-2H3/t11-,14+/m0/s1. The van der Waals surface area contributed by atoms with Gasteiger partial charge in [-0.1, -0.05) is 18.7 Å². The zero-order valence-electron chi connectivity index (χ0n) is 13.6. The summed E-state index contributed by atoms with van der Waals surface area (Å²) < 4.78 is 6.12. The summed E-state index contributed by atoms with van der Waals surface area (Å²) in [5.41, 5.74) is 0.946. The number of amides is 1. The molecule has 0 bridgehead atoms. The van der Waals surface area contributed by atoms with E-state index in [0.29, 0.717) is 11.3 Å². The molecule has 0 radical (unpaired) electrons. The Kier molecular flexibility index (Phi) is 5.05. The van der Waals surface area contributed by atoms with Gasteiger partial charge in [0.05, 0.1) is 20.5 Å². The molecule has 7 nitrogen and oxygen atoms in total. The Morgan fingerprint density at radius 2 is 2.08 bits per heavy atom. The van der Waals surface area contributed by atoms with Gasteiger partial charge in [-0.2, -0.15) is 0 Å². The second kappa shape index (κ2) is 7.09. The number of benzene rings is 1. The van der Waals surface area contributed by atoms with Crippen molar-refractivity contribution in [3.8, 4) is 0 Å². The van der Waals surface area contributed by atoms with Crippen molar-refractivity contribution in [1.29, 1.82) is 0 Å². The minimum absolute atomic E-state index is 0.00341. The van der Waals surface area contributed by atoms with E-state index in [0.717, 1.165) is 10.7 Å². The van der Waals surface area contributed by atoms with Crippen molar-refractivity contribution >= 4 is 41.1 Å². The van der Waals surface area contributed by atoms with Gasteiger partial charge in [0.15, 0.2) is 5.70 Å². The van der Waals surface area contributed by atoms with E-state index in [-0.39, 0.29) is 29.5 Å². The van der Waals surface area contributed by atoms with Crippen LogP contribution in [0, 0.1) is 16.0 Å². The van der Waals surface area contributed by atoms with E-state index >= 15 is 0 Å². The normalized spacial score (nSPS) is 21.8. The molecule has 0 aromatic heterocycles. The first-order valence-electron chi connectivity index (χ1n) is 7.66. The maximum Gasteiger partial charge on any atom is 0.357 e. The van der Waals surface area contributed by atoms with Crippen molar-refractivity contribution in [3.63, 3.8) is 0 Å². The predicted octanol–water partition coefficient (Wildman–Crippen LogP) is 3.11. The highest BCUT2D eigenvalue weighted by molar-refractivity contribution is 8.22. The molecule has 3 rings (SSSR count). The average Bonchev–Trinajstić information content (AvgIpc) is 2.95. The molecule has 2 aliphatic rings. The number of nitro benzene ring substituents is 1. The number of β-lactam (4-membered cyclic amide) rings is 1. The number of nitro groups is 1. The minimum atomic E-state index is -0.541. The molecule has 0 aliphatic carbocycles. The zero-order chi connectivity index (χ0) is 18.1. The van der Waals surface area contributed by atoms with Crippen LogP contribution in [0.15, 0.2) is 34.2 Å². The fraction of sp³-hybridized carbons (Fsp3) is 0.375. The molecular formula is C16H16N2O5S2. The third-order valence-electron chi connectivity index (χ3n) is 4.15. The SMILES string of the molecule is CC[C@H]1C(=O)N2C(C(=O)OCc3ccc([N+](=O)[O-])cc3)=C(SC)S[C@H]12. The van der Waals surface area contributed by atoms with E-state index in [1.807, 2.05) is 13.2 Å². The topological polar surface area (TPSA) is 89.8 Å². The Balaban J connectivity index is 1.68. The first kappa shape index (κ1) is 17.8. The van der Waals surface area contributed by atoms with Gasteiger partial charge >= 0.3 is 5.97 Å². The van der Waals surface area contributed by atoms with Gasteiger partial charge in [0.1, 0.15) is 6.61 Å². The Bertz CT molecular complexity index is 762. The van der Waals surface area contributed by atoms with Crippen molar-refractivity contribution < 1.29 is 19.2 Å². The molecule has 1 aromatic carbocycles. The van der Waals surface area contributed by atoms with Gasteiger partial charge < -0.3 is 4.74 Å². The highest BCUT2D eigenvalue weighted by Gasteiger charge is 2.55. The van der Waals surface area contributed by atoms with Crippen molar-refractivity contribution in [1.82, 2.24) is 4.90 Å². The lowest BCUT2D eigenvalue weighted by Gasteiger charge is -2.41. The first-order valence-corrected chi connectivity index (χ1v) is 9.76. The van der Waals surface area contributed by atoms with Crippen LogP contribution in [-0.2, 0) is 20.9 Å². The highest BCUT2D eigenvalue weighted by atomic mass is 32.2. The summed E-state index contributed by atoms with van der Waals surface area (Å²) in [6, 6.07) is 5.82. The van der Waals surface area contributed by atoms with Gasteiger partial charge in [0.25, 0.3) is 5.69 Å². The molecule has 0 N–H and O–H groups in total. The summed E-state index contributed by atoms with van der Waals surface area (Å²) in [4.78, 5) is 36.4. The fourth-order valence-electron chi connectivity index (χ4n) is 2.79. The van der Waals surface area contributed by atoms with E-state index in [1.165, 1.54) is 40.6 Å². The molecule has 132 valence electrons. The number of carbonyl (C=O) groups is 2. The van der Waals surface area contributed by atoms with Crippen LogP contribution < -0.4 is 0 Å². The molecule has 1 aromatic rings. The number of hydrogen-bond acceptors (Lipinski definition) is 7. The van der Waals surface area contributed by atoms with Gasteiger partial charge in [0.2, 0.25) is 5.91 Å². The lowest BCUT2D eigenvalue weighted by Crippen LogP contribution is -2.57. The number of ether oxygens (including phenoxy) is 1. The first-order chi connectivity index (χ1) is 12.0. The Morgan fingerprint density at radius 3 is 2.64 bits per heavy atom. The molecule has 2 atom stereocenters. The molecule has 9 heteroatoms. The molecule has 1 amide bonds. The second-order valence-electron chi connectivity index (χ2n) is 5.57. The van der Waals surface area contributed by atoms with E-state index < -0.39 is 10.9 Å². The summed E-state index contributed by atoms with van der Waals surface area (Å²) in [7, 11) is 0. The molecule has 1 fully saturated rings. The molecule has 1 saturated heterocycles. The van der Waals surface area contributed by atoms with E-state index in [1.54, 1.807) is 12.1 Å². The summed E-state index contributed by atoms with van der Waals surface area (Å²) in [5, 5.41) is 10.6. The van der Waals surface area contributed by atoms with Crippen molar-refractivity contribution in [3.05, 3.63) is 49.9 Å². The maximum atomic E-state index is 12.5. The molecule has 0 spiro atoms. The van der Waals surface area contributed by atoms with Gasteiger partial charge in [0, 0.05) is 12.1 Å². The number of fused-ring (bicyclic) bond motifs is 1. The van der Waals surface area contributed by atoms with Crippen LogP contribution in [0.25, 0.3) is 0 Å². The number of non-ortho nitro benzene ring substituents is 1. The average molecular weight is 380 g/mol. The molecule has 25 heavy (non-hydrogen) atoms. The summed E-state index contributed by atoms with van der Waals surface area (Å²) in [6.45, 7) is 1.96. The van der Waals surface area contributed by atoms with Crippen LogP contribution in [-0.4, -0.2) is 33.3 Å². The lowest BCUT2D eigenvalue weighted by atomic mass is 9.95. The van der Waals surface area contributed by atoms with Crippen LogP contribution in [0.5, 0.6) is 0 Å². The second-order valence-corrected chi connectivity index (χ2v) is 7.77. The highest BCUT2D eigenvalue weighted by Crippen LogP contribution is 2.53. The third kappa shape index (κ3) is 3.13. The largest absolute Gasteiger partial charge is 0.456 e. The van der Waals surface area contributed by atoms with Crippen LogP contribution >= 0.6 is 23.5 Å². The maximum absolute atomic E-state index is 12.5. The fourth-order valence-corrected chi connectivity index (χ4v) is 5.15. The monoisotopic (exact) mass is 380 g/mol. The quantitative estimate of drug-likeness (QED) is 0.324.